The summed E-state index contributed by atoms with van der Waals surface area (Å²) < 4.78 is 26.9. The average molecular weight is 335 g/mol. The molecule has 2 heterocycles. The van der Waals surface area contributed by atoms with Gasteiger partial charge in [0.25, 0.3) is 5.91 Å². The van der Waals surface area contributed by atoms with Crippen molar-refractivity contribution >= 4 is 38.3 Å². The van der Waals surface area contributed by atoms with Crippen molar-refractivity contribution < 1.29 is 13.2 Å². The molecule has 23 heavy (non-hydrogen) atoms. The molecule has 2 aromatic heterocycles. The van der Waals surface area contributed by atoms with Crippen LogP contribution in [-0.4, -0.2) is 45.4 Å². The van der Waals surface area contributed by atoms with Crippen LogP contribution in [0.4, 0.5) is 11.5 Å². The number of hydrogen-bond donors (Lipinski definition) is 2. The molecule has 0 fully saturated rings. The summed E-state index contributed by atoms with van der Waals surface area (Å²) in [6.07, 6.45) is 3.86. The van der Waals surface area contributed by atoms with Crippen molar-refractivity contribution in [2.24, 2.45) is 0 Å². The highest BCUT2D eigenvalue weighted by atomic mass is 32.2. The minimum atomic E-state index is -3.45. The maximum atomic E-state index is 12.3. The number of carbonyl (C=O) groups excluding carboxylic acids is 1. The van der Waals surface area contributed by atoms with Crippen LogP contribution in [0.3, 0.4) is 0 Å². The predicted octanol–water partition coefficient (Wildman–Crippen LogP) is -0.0781. The van der Waals surface area contributed by atoms with Crippen molar-refractivity contribution in [1.82, 2.24) is 24.8 Å². The number of anilines is 2. The summed E-state index contributed by atoms with van der Waals surface area (Å²) >= 11 is 0. The van der Waals surface area contributed by atoms with Crippen LogP contribution in [0.2, 0.25) is 0 Å². The van der Waals surface area contributed by atoms with Crippen LogP contribution >= 0.6 is 0 Å². The monoisotopic (exact) mass is 335 g/mol. The fraction of sp³-hybridized carbons (Fsp3) is 0.167. The van der Waals surface area contributed by atoms with Gasteiger partial charge in [0.2, 0.25) is 10.0 Å². The van der Waals surface area contributed by atoms with Crippen LogP contribution in [-0.2, 0) is 16.6 Å². The molecular weight excluding hydrogens is 322 g/mol. The fourth-order valence-corrected chi connectivity index (χ4v) is 2.54. The zero-order valence-corrected chi connectivity index (χ0v) is 12.9. The van der Waals surface area contributed by atoms with E-state index in [4.69, 9.17) is 5.73 Å². The van der Waals surface area contributed by atoms with Crippen molar-refractivity contribution in [3.05, 3.63) is 30.6 Å². The van der Waals surface area contributed by atoms with E-state index in [1.807, 2.05) is 0 Å². The lowest BCUT2D eigenvalue weighted by atomic mass is 10.2. The van der Waals surface area contributed by atoms with E-state index in [1.54, 1.807) is 24.4 Å². The summed E-state index contributed by atoms with van der Waals surface area (Å²) in [7, 11) is -3.45. The molecule has 1 aromatic carbocycles. The Hall–Kier alpha value is -2.95. The number of nitrogen functional groups attached to an aromatic ring is 1. The summed E-state index contributed by atoms with van der Waals surface area (Å²) in [6.45, 7) is -0.139. The number of hydrogen-bond acceptors (Lipinski definition) is 7. The van der Waals surface area contributed by atoms with Crippen LogP contribution in [0.25, 0.3) is 10.9 Å². The minimum Gasteiger partial charge on any atom is -0.399 e. The van der Waals surface area contributed by atoms with Gasteiger partial charge >= 0.3 is 0 Å². The Balaban J connectivity index is 1.81. The molecule has 0 aliphatic carbocycles. The van der Waals surface area contributed by atoms with Crippen LogP contribution in [0.15, 0.2) is 30.6 Å². The number of benzene rings is 1. The molecule has 3 N–H and O–H groups in total. The van der Waals surface area contributed by atoms with Crippen LogP contribution in [0.1, 0.15) is 4.79 Å². The quantitative estimate of drug-likeness (QED) is 0.636. The number of fused-ring (bicyclic) bond motifs is 1. The number of carbonyl (C=O) groups is 1. The number of sulfonamides is 1. The van der Waals surface area contributed by atoms with Gasteiger partial charge in [-0.25, -0.2) is 13.1 Å². The molecule has 0 aliphatic rings. The van der Waals surface area contributed by atoms with Gasteiger partial charge < -0.3 is 5.73 Å². The Morgan fingerprint density at radius 2 is 2.17 bits per heavy atom. The second-order valence-corrected chi connectivity index (χ2v) is 6.69. The Morgan fingerprint density at radius 3 is 2.91 bits per heavy atom. The average Bonchev–Trinajstić information content (AvgIpc) is 3.03. The molecule has 0 aliphatic heterocycles. The Kier molecular flexibility index (Phi) is 3.48. The molecule has 0 atom stereocenters. The largest absolute Gasteiger partial charge is 0.399 e. The molecule has 3 aromatic rings. The van der Waals surface area contributed by atoms with Gasteiger partial charge in [-0.1, -0.05) is 5.21 Å². The molecule has 0 unspecified atom stereocenters. The number of nitrogens with one attached hydrogen (secondary N) is 1. The number of nitrogens with two attached hydrogens (primary N) is 1. The van der Waals surface area contributed by atoms with Gasteiger partial charge in [-0.2, -0.15) is 9.78 Å². The summed E-state index contributed by atoms with van der Waals surface area (Å²) in [4.78, 5) is 12.3. The van der Waals surface area contributed by atoms with Crippen molar-refractivity contribution in [1.29, 1.82) is 0 Å². The van der Waals surface area contributed by atoms with E-state index in [2.05, 4.69) is 20.1 Å². The molecule has 0 saturated heterocycles. The molecule has 11 heteroatoms. The molecule has 0 amide bonds. The SMILES string of the molecule is CS(=O)(=O)Nc1cn(CC(=O)n2ncc3cc(N)ccc32)nn1. The fourth-order valence-electron chi connectivity index (χ4n) is 2.07. The van der Waals surface area contributed by atoms with E-state index in [1.165, 1.54) is 15.6 Å². The van der Waals surface area contributed by atoms with Gasteiger partial charge in [-0.3, -0.25) is 9.52 Å². The van der Waals surface area contributed by atoms with Crippen LogP contribution in [0, 0.1) is 0 Å². The van der Waals surface area contributed by atoms with E-state index < -0.39 is 10.0 Å². The van der Waals surface area contributed by atoms with Crippen molar-refractivity contribution in [2.75, 3.05) is 16.7 Å². The summed E-state index contributed by atoms with van der Waals surface area (Å²) in [5.41, 5.74) is 6.89. The number of nitrogens with zero attached hydrogens (tertiary/aromatic N) is 5. The topological polar surface area (TPSA) is 138 Å². The Bertz CT molecular complexity index is 989. The van der Waals surface area contributed by atoms with Crippen molar-refractivity contribution in [3.8, 4) is 0 Å². The molecule has 0 saturated carbocycles. The molecule has 3 rings (SSSR count). The highest BCUT2D eigenvalue weighted by Gasteiger charge is 2.13. The molecule has 10 nitrogen and oxygen atoms in total. The van der Waals surface area contributed by atoms with Gasteiger partial charge in [0.05, 0.1) is 24.2 Å². The highest BCUT2D eigenvalue weighted by molar-refractivity contribution is 7.92. The molecule has 0 radical (unpaired) electrons. The third-order valence-corrected chi connectivity index (χ3v) is 3.53. The molecule has 0 spiro atoms. The Morgan fingerprint density at radius 1 is 1.39 bits per heavy atom. The van der Waals surface area contributed by atoms with Crippen LogP contribution in [0.5, 0.6) is 0 Å². The lowest BCUT2D eigenvalue weighted by Crippen LogP contribution is -2.19. The lowest BCUT2D eigenvalue weighted by molar-refractivity contribution is 0.0875. The summed E-state index contributed by atoms with van der Waals surface area (Å²) in [6, 6.07) is 5.10. The van der Waals surface area contributed by atoms with Crippen molar-refractivity contribution in [2.45, 2.75) is 6.54 Å². The molecular formula is C12H13N7O3S. The molecule has 120 valence electrons. The first-order valence-electron chi connectivity index (χ1n) is 6.46. The van der Waals surface area contributed by atoms with Crippen LogP contribution < -0.4 is 10.5 Å². The van der Waals surface area contributed by atoms with Crippen molar-refractivity contribution in [3.63, 3.8) is 0 Å². The summed E-state index contributed by atoms with van der Waals surface area (Å²) in [5, 5.41) is 12.1. The second kappa shape index (κ2) is 5.35. The highest BCUT2D eigenvalue weighted by Crippen LogP contribution is 2.17. The predicted molar refractivity (Wildman–Crippen MR) is 83.3 cm³/mol. The zero-order chi connectivity index (χ0) is 16.6. The van der Waals surface area contributed by atoms with Gasteiger partial charge in [0.15, 0.2) is 5.82 Å². The summed E-state index contributed by atoms with van der Waals surface area (Å²) in [5.74, 6) is -0.307. The van der Waals surface area contributed by atoms with Gasteiger partial charge in [-0.05, 0) is 18.2 Å². The first-order chi connectivity index (χ1) is 10.8. The molecule has 0 bridgehead atoms. The first-order valence-corrected chi connectivity index (χ1v) is 8.35. The third-order valence-electron chi connectivity index (χ3n) is 2.95. The van der Waals surface area contributed by atoms with Gasteiger partial charge in [0, 0.05) is 11.1 Å². The second-order valence-electron chi connectivity index (χ2n) is 4.94. The maximum absolute atomic E-state index is 12.3. The maximum Gasteiger partial charge on any atom is 0.269 e. The van der Waals surface area contributed by atoms with E-state index in [-0.39, 0.29) is 18.3 Å². The van der Waals surface area contributed by atoms with E-state index in [9.17, 15) is 13.2 Å². The smallest absolute Gasteiger partial charge is 0.269 e. The van der Waals surface area contributed by atoms with E-state index in [0.29, 0.717) is 11.2 Å². The normalized spacial score (nSPS) is 11.7. The minimum absolute atomic E-state index is 0.0402. The lowest BCUT2D eigenvalue weighted by Gasteiger charge is -2.02. The number of aromatic nitrogens is 5. The van der Waals surface area contributed by atoms with E-state index in [0.717, 1.165) is 11.6 Å². The zero-order valence-electron chi connectivity index (χ0n) is 12.0. The van der Waals surface area contributed by atoms with E-state index >= 15 is 0 Å². The van der Waals surface area contributed by atoms with Gasteiger partial charge in [-0.15, -0.1) is 5.10 Å². The van der Waals surface area contributed by atoms with Gasteiger partial charge in [0.1, 0.15) is 6.54 Å². The third kappa shape index (κ3) is 3.29. The number of rotatable bonds is 4. The Labute approximate surface area is 130 Å². The standard InChI is InChI=1S/C12H13N7O3S/c1-23(21,22)16-11-6-18(17-15-11)7-12(20)19-10-3-2-9(13)4-8(10)5-14-19/h2-6,16H,7,13H2,1H3. The first kappa shape index (κ1) is 15.0.